The molecule has 0 saturated carbocycles. The Labute approximate surface area is 219 Å². The Hall–Kier alpha value is -4.35. The second-order valence-electron chi connectivity index (χ2n) is 9.63. The lowest BCUT2D eigenvalue weighted by Gasteiger charge is -2.26. The SMILES string of the molecule is CC(=N)N1CCc2[nH]c(C(C)c3nc4c([nH]3)CCN(C(=O)NCCOc3ccccc3C(=O)O)C4)nc2C1. The molecule has 5 N–H and O–H groups in total. The Morgan fingerprint density at radius 3 is 2.32 bits per heavy atom. The first-order chi connectivity index (χ1) is 18.3. The van der Waals surface area contributed by atoms with Crippen LogP contribution in [0.2, 0.25) is 0 Å². The van der Waals surface area contributed by atoms with E-state index in [0.717, 1.165) is 47.4 Å². The monoisotopic (exact) mass is 520 g/mol. The number of nitrogens with one attached hydrogen (secondary N) is 4. The molecule has 0 spiro atoms. The number of carboxylic acid groups (broad SMARTS) is 1. The highest BCUT2D eigenvalue weighted by Gasteiger charge is 2.28. The first-order valence-electron chi connectivity index (χ1n) is 12.7. The van der Waals surface area contributed by atoms with E-state index >= 15 is 0 Å². The van der Waals surface area contributed by atoms with Gasteiger partial charge < -0.3 is 34.9 Å². The van der Waals surface area contributed by atoms with Crippen LogP contribution < -0.4 is 10.1 Å². The van der Waals surface area contributed by atoms with E-state index in [1.807, 2.05) is 4.90 Å². The molecule has 1 atom stereocenters. The molecular formula is C26H32N8O4. The van der Waals surface area contributed by atoms with Crippen molar-refractivity contribution in [1.29, 1.82) is 5.41 Å². The van der Waals surface area contributed by atoms with Crippen LogP contribution in [0.15, 0.2) is 24.3 Å². The standard InChI is InChI=1S/C26H32N8O4/c1-15(23-29-18-7-10-33(16(2)27)13-20(18)31-23)24-30-19-8-11-34(14-21(19)32-24)26(37)28-9-12-38-22-6-4-3-5-17(22)25(35)36/h3-6,15,27H,7-14H2,1-2H3,(H,28,37)(H,29,31)(H,30,32)(H,35,36). The van der Waals surface area contributed by atoms with Crippen molar-refractivity contribution in [3.8, 4) is 5.75 Å². The summed E-state index contributed by atoms with van der Waals surface area (Å²) >= 11 is 0. The zero-order valence-electron chi connectivity index (χ0n) is 21.5. The van der Waals surface area contributed by atoms with Crippen molar-refractivity contribution < 1.29 is 19.4 Å². The van der Waals surface area contributed by atoms with E-state index in [1.165, 1.54) is 6.07 Å². The number of imidazole rings is 2. The summed E-state index contributed by atoms with van der Waals surface area (Å²) in [7, 11) is 0. The van der Waals surface area contributed by atoms with Crippen molar-refractivity contribution in [2.24, 2.45) is 0 Å². The van der Waals surface area contributed by atoms with E-state index in [-0.39, 0.29) is 36.4 Å². The van der Waals surface area contributed by atoms with Crippen molar-refractivity contribution in [2.45, 2.75) is 45.7 Å². The predicted octanol–water partition coefficient (Wildman–Crippen LogP) is 2.48. The van der Waals surface area contributed by atoms with Gasteiger partial charge in [-0.3, -0.25) is 5.41 Å². The molecule has 0 fully saturated rings. The summed E-state index contributed by atoms with van der Waals surface area (Å²) in [6, 6.07) is 6.20. The number of aromatic amines is 2. The summed E-state index contributed by atoms with van der Waals surface area (Å²) in [6.07, 6.45) is 1.51. The summed E-state index contributed by atoms with van der Waals surface area (Å²) in [5.74, 6) is 1.37. The van der Waals surface area contributed by atoms with Crippen molar-refractivity contribution in [1.82, 2.24) is 35.1 Å². The number of H-pyrrole nitrogens is 2. The number of carbonyl (C=O) groups excluding carboxylic acids is 1. The van der Waals surface area contributed by atoms with Gasteiger partial charge in [0.25, 0.3) is 0 Å². The molecule has 2 aliphatic rings. The third-order valence-electron chi connectivity index (χ3n) is 7.05. The number of para-hydroxylation sites is 1. The second-order valence-corrected chi connectivity index (χ2v) is 9.63. The van der Waals surface area contributed by atoms with Gasteiger partial charge in [-0.15, -0.1) is 0 Å². The van der Waals surface area contributed by atoms with E-state index in [1.54, 1.807) is 30.0 Å². The maximum Gasteiger partial charge on any atom is 0.339 e. The fraction of sp³-hybridized carbons (Fsp3) is 0.423. The first kappa shape index (κ1) is 25.3. The van der Waals surface area contributed by atoms with E-state index in [2.05, 4.69) is 22.2 Å². The van der Waals surface area contributed by atoms with Gasteiger partial charge in [0.1, 0.15) is 29.6 Å². The van der Waals surface area contributed by atoms with Crippen LogP contribution in [0.3, 0.4) is 0 Å². The molecule has 12 heteroatoms. The Bertz CT molecular complexity index is 1360. The van der Waals surface area contributed by atoms with Crippen molar-refractivity contribution in [2.75, 3.05) is 26.2 Å². The molecule has 1 aromatic carbocycles. The number of rotatable bonds is 7. The minimum absolute atomic E-state index is 0.0613. The highest BCUT2D eigenvalue weighted by atomic mass is 16.5. The highest BCUT2D eigenvalue weighted by Crippen LogP contribution is 2.27. The van der Waals surface area contributed by atoms with Gasteiger partial charge in [0.05, 0.1) is 42.8 Å². The van der Waals surface area contributed by atoms with Gasteiger partial charge in [-0.1, -0.05) is 12.1 Å². The summed E-state index contributed by atoms with van der Waals surface area (Å²) in [5, 5.41) is 20.0. The summed E-state index contributed by atoms with van der Waals surface area (Å²) in [4.78, 5) is 44.3. The molecule has 3 aromatic rings. The van der Waals surface area contributed by atoms with Crippen molar-refractivity contribution in [3.63, 3.8) is 0 Å². The molecule has 0 aliphatic carbocycles. The number of carbonyl (C=O) groups is 2. The normalized spacial score (nSPS) is 15.4. The van der Waals surface area contributed by atoms with Crippen LogP contribution >= 0.6 is 0 Å². The van der Waals surface area contributed by atoms with Crippen LogP contribution in [-0.2, 0) is 25.9 Å². The van der Waals surface area contributed by atoms with Crippen molar-refractivity contribution >= 4 is 17.8 Å². The fourth-order valence-electron chi connectivity index (χ4n) is 4.82. The molecule has 4 heterocycles. The zero-order valence-corrected chi connectivity index (χ0v) is 21.5. The molecule has 38 heavy (non-hydrogen) atoms. The molecule has 1 unspecified atom stereocenters. The number of hydrogen-bond donors (Lipinski definition) is 5. The van der Waals surface area contributed by atoms with Gasteiger partial charge >= 0.3 is 12.0 Å². The summed E-state index contributed by atoms with van der Waals surface area (Å²) in [6.45, 7) is 6.67. The maximum absolute atomic E-state index is 12.7. The molecular weight excluding hydrogens is 488 g/mol. The number of urea groups is 1. The van der Waals surface area contributed by atoms with E-state index in [4.69, 9.17) is 20.1 Å². The number of benzene rings is 1. The molecule has 200 valence electrons. The first-order valence-corrected chi connectivity index (χ1v) is 12.7. The number of carboxylic acids is 1. The molecule has 2 aromatic heterocycles. The van der Waals surface area contributed by atoms with E-state index in [9.17, 15) is 14.7 Å². The average Bonchev–Trinajstić information content (AvgIpc) is 3.54. The summed E-state index contributed by atoms with van der Waals surface area (Å²) in [5.41, 5.74) is 4.08. The summed E-state index contributed by atoms with van der Waals surface area (Å²) < 4.78 is 5.56. The minimum Gasteiger partial charge on any atom is -0.491 e. The molecule has 5 rings (SSSR count). The lowest BCUT2D eigenvalue weighted by molar-refractivity contribution is 0.0692. The largest absolute Gasteiger partial charge is 0.491 e. The third-order valence-corrected chi connectivity index (χ3v) is 7.05. The number of hydrogen-bond acceptors (Lipinski definition) is 6. The van der Waals surface area contributed by atoms with Crippen LogP contribution in [0.5, 0.6) is 5.75 Å². The number of fused-ring (bicyclic) bond motifs is 2. The quantitative estimate of drug-likeness (QED) is 0.181. The van der Waals surface area contributed by atoms with Crippen LogP contribution in [0.4, 0.5) is 4.79 Å². The smallest absolute Gasteiger partial charge is 0.339 e. The number of amidine groups is 1. The van der Waals surface area contributed by atoms with Crippen LogP contribution in [0, 0.1) is 5.41 Å². The van der Waals surface area contributed by atoms with Gasteiger partial charge in [0.2, 0.25) is 0 Å². The topological polar surface area (TPSA) is 163 Å². The maximum atomic E-state index is 12.7. The zero-order chi connectivity index (χ0) is 26.8. The Kier molecular flexibility index (Phi) is 7.03. The molecule has 2 aliphatic heterocycles. The molecule has 12 nitrogen and oxygen atoms in total. The third kappa shape index (κ3) is 5.20. The predicted molar refractivity (Wildman–Crippen MR) is 139 cm³/mol. The van der Waals surface area contributed by atoms with Crippen LogP contribution in [-0.4, -0.2) is 78.9 Å². The molecule has 0 bridgehead atoms. The molecule has 0 radical (unpaired) electrons. The van der Waals surface area contributed by atoms with Gasteiger partial charge in [-0.2, -0.15) is 0 Å². The molecule has 0 saturated heterocycles. The Balaban J connectivity index is 1.16. The van der Waals surface area contributed by atoms with Gasteiger partial charge in [-0.05, 0) is 26.0 Å². The number of ether oxygens (including phenoxy) is 1. The lowest BCUT2D eigenvalue weighted by Crippen LogP contribution is -2.44. The van der Waals surface area contributed by atoms with Gasteiger partial charge in [0.15, 0.2) is 0 Å². The number of amides is 2. The lowest BCUT2D eigenvalue weighted by atomic mass is 10.1. The minimum atomic E-state index is -1.06. The van der Waals surface area contributed by atoms with E-state index in [0.29, 0.717) is 31.9 Å². The second kappa shape index (κ2) is 10.6. The van der Waals surface area contributed by atoms with Gasteiger partial charge in [0, 0.05) is 37.3 Å². The number of aromatic nitrogens is 4. The number of nitrogens with zero attached hydrogens (tertiary/aromatic N) is 4. The molecule has 2 amide bonds. The van der Waals surface area contributed by atoms with Crippen LogP contribution in [0.25, 0.3) is 0 Å². The average molecular weight is 521 g/mol. The van der Waals surface area contributed by atoms with Crippen molar-refractivity contribution in [3.05, 3.63) is 64.3 Å². The fourth-order valence-corrected chi connectivity index (χ4v) is 4.82. The Morgan fingerprint density at radius 2 is 1.68 bits per heavy atom. The number of aromatic carboxylic acids is 1. The van der Waals surface area contributed by atoms with Gasteiger partial charge in [-0.25, -0.2) is 19.6 Å². The van der Waals surface area contributed by atoms with E-state index < -0.39 is 5.97 Å². The Morgan fingerprint density at radius 1 is 1.08 bits per heavy atom. The van der Waals surface area contributed by atoms with Crippen LogP contribution in [0.1, 0.15) is 64.5 Å². The highest BCUT2D eigenvalue weighted by molar-refractivity contribution is 5.90.